The second-order valence-electron chi connectivity index (χ2n) is 5.20. The van der Waals surface area contributed by atoms with E-state index in [1.807, 2.05) is 38.1 Å². The Hall–Kier alpha value is -2.14. The third-order valence-corrected chi connectivity index (χ3v) is 3.22. The van der Waals surface area contributed by atoms with E-state index in [0.29, 0.717) is 5.58 Å². The molecular formula is C16H19N3O2. The van der Waals surface area contributed by atoms with Crippen molar-refractivity contribution in [3.05, 3.63) is 30.6 Å². The van der Waals surface area contributed by atoms with Gasteiger partial charge in [0.25, 0.3) is 0 Å². The van der Waals surface area contributed by atoms with Gasteiger partial charge in [0, 0.05) is 18.5 Å². The van der Waals surface area contributed by atoms with Crippen molar-refractivity contribution in [2.45, 2.75) is 26.4 Å². The maximum Gasteiger partial charge on any atom is 0.196 e. The van der Waals surface area contributed by atoms with Crippen LogP contribution in [0.3, 0.4) is 0 Å². The summed E-state index contributed by atoms with van der Waals surface area (Å²) in [6, 6.07) is 7.88. The number of aromatic nitrogens is 2. The molecule has 0 amide bonds. The lowest BCUT2D eigenvalue weighted by atomic mass is 10.2. The fourth-order valence-electron chi connectivity index (χ4n) is 2.25. The van der Waals surface area contributed by atoms with Gasteiger partial charge in [-0.05, 0) is 32.4 Å². The minimum absolute atomic E-state index is 0.270. The van der Waals surface area contributed by atoms with E-state index in [4.69, 9.17) is 9.15 Å². The highest BCUT2D eigenvalue weighted by Gasteiger charge is 2.12. The van der Waals surface area contributed by atoms with Crippen molar-refractivity contribution in [3.8, 4) is 0 Å². The Balaban J connectivity index is 1.76. The first-order valence-electron chi connectivity index (χ1n) is 7.23. The van der Waals surface area contributed by atoms with Gasteiger partial charge in [0.05, 0.1) is 6.10 Å². The quantitative estimate of drug-likeness (QED) is 0.701. The predicted octanol–water partition coefficient (Wildman–Crippen LogP) is 3.60. The molecule has 2 aromatic heterocycles. The molecule has 0 bridgehead atoms. The third-order valence-electron chi connectivity index (χ3n) is 3.22. The lowest BCUT2D eigenvalue weighted by molar-refractivity contribution is 0.0787. The van der Waals surface area contributed by atoms with Crippen molar-refractivity contribution in [1.82, 2.24) is 9.97 Å². The zero-order chi connectivity index (χ0) is 14.7. The molecule has 2 heterocycles. The zero-order valence-electron chi connectivity index (χ0n) is 12.3. The molecule has 0 radical (unpaired) electrons. The molecule has 0 spiro atoms. The highest BCUT2D eigenvalue weighted by atomic mass is 16.5. The minimum Gasteiger partial charge on any atom is -0.450 e. The van der Waals surface area contributed by atoms with Gasteiger partial charge in [-0.1, -0.05) is 12.1 Å². The second kappa shape index (κ2) is 6.10. The maximum absolute atomic E-state index is 5.86. The molecule has 5 nitrogen and oxygen atoms in total. The Morgan fingerprint density at radius 1 is 1.24 bits per heavy atom. The third kappa shape index (κ3) is 2.97. The summed E-state index contributed by atoms with van der Waals surface area (Å²) in [7, 11) is 0. The summed E-state index contributed by atoms with van der Waals surface area (Å²) in [5.74, 6) is 0.737. The number of nitrogens with zero attached hydrogens (tertiary/aromatic N) is 2. The standard InChI is InChI=1S/C16H19N3O2/c1-11(2)20-9-5-8-17-16-15-14(18-10-19-16)12-6-3-4-7-13(12)21-15/h3-4,6-7,10-11H,5,8-9H2,1-2H3,(H,17,18,19). The molecule has 1 aromatic carbocycles. The van der Waals surface area contributed by atoms with Crippen molar-refractivity contribution in [2.75, 3.05) is 18.5 Å². The predicted molar refractivity (Wildman–Crippen MR) is 83.5 cm³/mol. The molecular weight excluding hydrogens is 266 g/mol. The minimum atomic E-state index is 0.270. The van der Waals surface area contributed by atoms with Crippen LogP contribution in [0.15, 0.2) is 35.0 Å². The van der Waals surface area contributed by atoms with Crippen molar-refractivity contribution in [1.29, 1.82) is 0 Å². The highest BCUT2D eigenvalue weighted by Crippen LogP contribution is 2.30. The molecule has 1 N–H and O–H groups in total. The zero-order valence-corrected chi connectivity index (χ0v) is 12.3. The van der Waals surface area contributed by atoms with Crippen molar-refractivity contribution in [3.63, 3.8) is 0 Å². The molecule has 0 saturated heterocycles. The van der Waals surface area contributed by atoms with Crippen LogP contribution in [0.1, 0.15) is 20.3 Å². The first-order valence-corrected chi connectivity index (χ1v) is 7.23. The first-order chi connectivity index (χ1) is 10.3. The van der Waals surface area contributed by atoms with Gasteiger partial charge in [-0.2, -0.15) is 0 Å². The topological polar surface area (TPSA) is 60.2 Å². The number of hydrogen-bond acceptors (Lipinski definition) is 5. The van der Waals surface area contributed by atoms with Gasteiger partial charge in [0.15, 0.2) is 11.4 Å². The molecule has 0 aliphatic rings. The summed E-state index contributed by atoms with van der Waals surface area (Å²) in [4.78, 5) is 8.61. The Kier molecular flexibility index (Phi) is 4.01. The number of para-hydroxylation sites is 1. The van der Waals surface area contributed by atoms with E-state index in [0.717, 1.165) is 41.9 Å². The number of anilines is 1. The van der Waals surface area contributed by atoms with Crippen LogP contribution in [-0.4, -0.2) is 29.2 Å². The van der Waals surface area contributed by atoms with Crippen molar-refractivity contribution in [2.24, 2.45) is 0 Å². The number of nitrogens with one attached hydrogen (secondary N) is 1. The van der Waals surface area contributed by atoms with Crippen LogP contribution in [-0.2, 0) is 4.74 Å². The molecule has 5 heteroatoms. The molecule has 0 aliphatic carbocycles. The summed E-state index contributed by atoms with van der Waals surface area (Å²) < 4.78 is 11.4. The van der Waals surface area contributed by atoms with Crippen molar-refractivity contribution >= 4 is 27.9 Å². The van der Waals surface area contributed by atoms with Gasteiger partial charge in [-0.3, -0.25) is 0 Å². The van der Waals surface area contributed by atoms with Gasteiger partial charge >= 0.3 is 0 Å². The molecule has 0 atom stereocenters. The smallest absolute Gasteiger partial charge is 0.196 e. The largest absolute Gasteiger partial charge is 0.450 e. The number of ether oxygens (including phenoxy) is 1. The van der Waals surface area contributed by atoms with Crippen LogP contribution in [0.2, 0.25) is 0 Å². The Bertz CT molecular complexity index is 737. The number of hydrogen-bond donors (Lipinski definition) is 1. The molecule has 0 aliphatic heterocycles. The van der Waals surface area contributed by atoms with Crippen LogP contribution < -0.4 is 5.32 Å². The van der Waals surface area contributed by atoms with Crippen LogP contribution in [0, 0.1) is 0 Å². The summed E-state index contributed by atoms with van der Waals surface area (Å²) >= 11 is 0. The Labute approximate surface area is 123 Å². The first kappa shape index (κ1) is 13.8. The molecule has 3 rings (SSSR count). The van der Waals surface area contributed by atoms with Gasteiger partial charge in [-0.25, -0.2) is 9.97 Å². The van der Waals surface area contributed by atoms with Gasteiger partial charge in [-0.15, -0.1) is 0 Å². The van der Waals surface area contributed by atoms with Gasteiger partial charge in [0.1, 0.15) is 17.4 Å². The SMILES string of the molecule is CC(C)OCCCNc1ncnc2c1oc1ccccc12. The number of furan rings is 1. The Morgan fingerprint density at radius 2 is 2.10 bits per heavy atom. The molecule has 0 unspecified atom stereocenters. The van der Waals surface area contributed by atoms with Crippen LogP contribution in [0.25, 0.3) is 22.1 Å². The molecule has 110 valence electrons. The Morgan fingerprint density at radius 3 is 2.95 bits per heavy atom. The summed E-state index contributed by atoms with van der Waals surface area (Å²) in [5, 5.41) is 4.31. The molecule has 3 aromatic rings. The van der Waals surface area contributed by atoms with Crippen LogP contribution >= 0.6 is 0 Å². The maximum atomic E-state index is 5.86. The van der Waals surface area contributed by atoms with Gasteiger partial charge in [0.2, 0.25) is 0 Å². The monoisotopic (exact) mass is 285 g/mol. The highest BCUT2D eigenvalue weighted by molar-refractivity contribution is 6.05. The van der Waals surface area contributed by atoms with E-state index in [2.05, 4.69) is 15.3 Å². The average molecular weight is 285 g/mol. The van der Waals surface area contributed by atoms with E-state index in [1.165, 1.54) is 0 Å². The number of rotatable bonds is 6. The fraction of sp³-hybridized carbons (Fsp3) is 0.375. The average Bonchev–Trinajstić information content (AvgIpc) is 2.86. The van der Waals surface area contributed by atoms with Crippen molar-refractivity contribution < 1.29 is 9.15 Å². The van der Waals surface area contributed by atoms with E-state index in [1.54, 1.807) is 6.33 Å². The van der Waals surface area contributed by atoms with E-state index >= 15 is 0 Å². The van der Waals surface area contributed by atoms with E-state index in [-0.39, 0.29) is 6.10 Å². The fourth-order valence-corrected chi connectivity index (χ4v) is 2.25. The molecule has 0 saturated carbocycles. The van der Waals surface area contributed by atoms with Gasteiger partial charge < -0.3 is 14.5 Å². The molecule has 0 fully saturated rings. The van der Waals surface area contributed by atoms with E-state index in [9.17, 15) is 0 Å². The van der Waals surface area contributed by atoms with Crippen LogP contribution in [0.5, 0.6) is 0 Å². The van der Waals surface area contributed by atoms with E-state index < -0.39 is 0 Å². The van der Waals surface area contributed by atoms with Crippen LogP contribution in [0.4, 0.5) is 5.82 Å². The molecule has 21 heavy (non-hydrogen) atoms. The lowest BCUT2D eigenvalue weighted by Gasteiger charge is -2.08. The summed E-state index contributed by atoms with van der Waals surface area (Å²) in [6.45, 7) is 5.60. The number of fused-ring (bicyclic) bond motifs is 3. The number of benzene rings is 1. The normalized spacial score (nSPS) is 11.6. The second-order valence-corrected chi connectivity index (χ2v) is 5.20. The lowest BCUT2D eigenvalue weighted by Crippen LogP contribution is -2.10. The summed E-state index contributed by atoms with van der Waals surface area (Å²) in [6.07, 6.45) is 2.76. The summed E-state index contributed by atoms with van der Waals surface area (Å²) in [5.41, 5.74) is 2.39.